The van der Waals surface area contributed by atoms with E-state index in [0.29, 0.717) is 10.2 Å². The van der Waals surface area contributed by atoms with E-state index in [4.69, 9.17) is 11.6 Å². The van der Waals surface area contributed by atoms with Gasteiger partial charge in [0.2, 0.25) is 5.91 Å². The van der Waals surface area contributed by atoms with Gasteiger partial charge in [0.05, 0.1) is 11.4 Å². The maximum Gasteiger partial charge on any atom is 0.236 e. The zero-order chi connectivity index (χ0) is 16.9. The molecule has 0 atom stereocenters. The molecule has 1 aromatic carbocycles. The van der Waals surface area contributed by atoms with Crippen molar-refractivity contribution in [3.05, 3.63) is 34.7 Å². The Morgan fingerprint density at radius 2 is 2.08 bits per heavy atom. The average Bonchev–Trinajstić information content (AvgIpc) is 3.22. The van der Waals surface area contributed by atoms with Gasteiger partial charge in [0.1, 0.15) is 0 Å². The molecule has 10 heteroatoms. The molecule has 0 aliphatic carbocycles. The summed E-state index contributed by atoms with van der Waals surface area (Å²) in [5.74, 6) is 0.144. The van der Waals surface area contributed by atoms with Crippen LogP contribution in [0.3, 0.4) is 0 Å². The second-order valence-corrected chi connectivity index (χ2v) is 8.91. The molecule has 0 spiro atoms. The number of halogens is 1. The van der Waals surface area contributed by atoms with E-state index in [2.05, 4.69) is 20.5 Å². The van der Waals surface area contributed by atoms with Gasteiger partial charge >= 0.3 is 0 Å². The highest BCUT2D eigenvalue weighted by atomic mass is 35.5. The van der Waals surface area contributed by atoms with Crippen molar-refractivity contribution < 1.29 is 4.79 Å². The third kappa shape index (κ3) is 4.48. The Bertz CT molecular complexity index is 851. The van der Waals surface area contributed by atoms with Crippen molar-refractivity contribution in [2.24, 2.45) is 0 Å². The molecule has 1 N–H and O–H groups in total. The zero-order valence-corrected chi connectivity index (χ0v) is 16.4. The molecule has 0 bridgehead atoms. The quantitative estimate of drug-likeness (QED) is 0.586. The predicted molar refractivity (Wildman–Crippen MR) is 104 cm³/mol. The lowest BCUT2D eigenvalue weighted by molar-refractivity contribution is -0.113. The molecule has 1 amide bonds. The molecule has 0 radical (unpaired) electrons. The highest BCUT2D eigenvalue weighted by Gasteiger charge is 2.12. The highest BCUT2D eigenvalue weighted by Crippen LogP contribution is 2.31. The number of benzene rings is 1. The van der Waals surface area contributed by atoms with Crippen LogP contribution in [0.4, 0.5) is 5.13 Å². The summed E-state index contributed by atoms with van der Waals surface area (Å²) >= 11 is 11.9. The molecule has 0 aliphatic heterocycles. The fourth-order valence-electron chi connectivity index (χ4n) is 1.74. The van der Waals surface area contributed by atoms with E-state index in [1.54, 1.807) is 11.8 Å². The third-order valence-corrected chi connectivity index (χ3v) is 6.91. The van der Waals surface area contributed by atoms with Crippen LogP contribution < -0.4 is 5.32 Å². The number of carbonyl (C=O) groups excluding carboxylic acids is 1. The number of thioether (sulfide) groups is 2. The number of thiazole rings is 1. The van der Waals surface area contributed by atoms with Crippen LogP contribution >= 0.6 is 57.8 Å². The Morgan fingerprint density at radius 1 is 1.29 bits per heavy atom. The summed E-state index contributed by atoms with van der Waals surface area (Å²) in [5.41, 5.74) is 1.60. The second kappa shape index (κ2) is 8.30. The van der Waals surface area contributed by atoms with E-state index in [0.717, 1.165) is 19.9 Å². The lowest BCUT2D eigenvalue weighted by atomic mass is 10.2. The minimum Gasteiger partial charge on any atom is -0.301 e. The molecule has 3 rings (SSSR count). The number of carbonyl (C=O) groups is 1. The Balaban J connectivity index is 1.58. The molecule has 5 nitrogen and oxygen atoms in total. The lowest BCUT2D eigenvalue weighted by Gasteiger charge is -2.00. The monoisotopic (exact) mass is 414 g/mol. The number of nitrogens with zero attached hydrogens (tertiary/aromatic N) is 3. The van der Waals surface area contributed by atoms with E-state index < -0.39 is 0 Å². The van der Waals surface area contributed by atoms with Crippen LogP contribution in [0.5, 0.6) is 0 Å². The van der Waals surface area contributed by atoms with Crippen molar-refractivity contribution in [2.45, 2.75) is 8.68 Å². The summed E-state index contributed by atoms with van der Waals surface area (Å²) in [6.07, 6.45) is 1.95. The van der Waals surface area contributed by atoms with Crippen LogP contribution in [0.1, 0.15) is 0 Å². The SMILES string of the molecule is CSc1nnc(SCC(=O)Nc2nc(-c3ccccc3Cl)cs2)s1. The molecule has 0 aliphatic rings. The number of hydrogen-bond acceptors (Lipinski definition) is 8. The number of nitrogens with one attached hydrogen (secondary N) is 1. The number of rotatable bonds is 6. The summed E-state index contributed by atoms with van der Waals surface area (Å²) in [7, 11) is 0. The van der Waals surface area contributed by atoms with Gasteiger partial charge in [0.15, 0.2) is 13.8 Å². The molecule has 24 heavy (non-hydrogen) atoms. The summed E-state index contributed by atoms with van der Waals surface area (Å²) in [6, 6.07) is 7.49. The topological polar surface area (TPSA) is 67.8 Å². The first-order chi connectivity index (χ1) is 11.7. The summed E-state index contributed by atoms with van der Waals surface area (Å²) in [6.45, 7) is 0. The molecule has 0 unspecified atom stereocenters. The third-order valence-electron chi connectivity index (χ3n) is 2.79. The van der Waals surface area contributed by atoms with Gasteiger partial charge in [0, 0.05) is 16.0 Å². The summed E-state index contributed by atoms with van der Waals surface area (Å²) < 4.78 is 1.67. The Morgan fingerprint density at radius 3 is 2.83 bits per heavy atom. The minimum absolute atomic E-state index is 0.124. The molecular weight excluding hydrogens is 404 g/mol. The van der Waals surface area contributed by atoms with Crippen LogP contribution in [0.25, 0.3) is 11.3 Å². The fourth-order valence-corrected chi connectivity index (χ4v) is 4.94. The van der Waals surface area contributed by atoms with E-state index in [1.807, 2.05) is 35.9 Å². The largest absolute Gasteiger partial charge is 0.301 e. The van der Waals surface area contributed by atoms with Crippen molar-refractivity contribution >= 4 is 68.8 Å². The average molecular weight is 415 g/mol. The molecule has 124 valence electrons. The van der Waals surface area contributed by atoms with Crippen LogP contribution in [0.2, 0.25) is 5.02 Å². The molecule has 0 saturated carbocycles. The number of hydrogen-bond donors (Lipinski definition) is 1. The first kappa shape index (κ1) is 17.7. The fraction of sp³-hybridized carbons (Fsp3) is 0.143. The van der Waals surface area contributed by atoms with Gasteiger partial charge in [0.25, 0.3) is 0 Å². The molecule has 2 aromatic heterocycles. The molecule has 0 saturated heterocycles. The van der Waals surface area contributed by atoms with E-state index >= 15 is 0 Å². The Labute approximate surface area is 160 Å². The van der Waals surface area contributed by atoms with Crippen molar-refractivity contribution in [1.29, 1.82) is 0 Å². The first-order valence-electron chi connectivity index (χ1n) is 6.66. The van der Waals surface area contributed by atoms with Gasteiger partial charge in [-0.05, 0) is 12.3 Å². The Hall–Kier alpha value is -1.13. The van der Waals surface area contributed by atoms with Gasteiger partial charge in [-0.3, -0.25) is 4.79 Å². The van der Waals surface area contributed by atoms with Gasteiger partial charge < -0.3 is 5.32 Å². The normalized spacial score (nSPS) is 10.8. The summed E-state index contributed by atoms with van der Waals surface area (Å²) in [4.78, 5) is 16.5. The first-order valence-corrected chi connectivity index (χ1v) is 10.9. The maximum absolute atomic E-state index is 12.0. The van der Waals surface area contributed by atoms with Crippen LogP contribution in [0, 0.1) is 0 Å². The second-order valence-electron chi connectivity index (χ2n) is 4.39. The highest BCUT2D eigenvalue weighted by molar-refractivity contribution is 8.03. The van der Waals surface area contributed by atoms with Crippen molar-refractivity contribution in [3.63, 3.8) is 0 Å². The van der Waals surface area contributed by atoms with Crippen LogP contribution in [0.15, 0.2) is 38.3 Å². The summed E-state index contributed by atoms with van der Waals surface area (Å²) in [5, 5.41) is 13.9. The maximum atomic E-state index is 12.0. The molecule has 0 fully saturated rings. The van der Waals surface area contributed by atoms with Gasteiger partial charge in [-0.15, -0.1) is 21.5 Å². The number of anilines is 1. The van der Waals surface area contributed by atoms with Crippen LogP contribution in [-0.4, -0.2) is 33.1 Å². The van der Waals surface area contributed by atoms with Gasteiger partial charge in [-0.1, -0.05) is 64.7 Å². The predicted octanol–water partition coefficient (Wildman–Crippen LogP) is 4.77. The van der Waals surface area contributed by atoms with Crippen LogP contribution in [-0.2, 0) is 4.79 Å². The molecular formula is C14H11ClN4OS4. The van der Waals surface area contributed by atoms with E-state index in [9.17, 15) is 4.79 Å². The standard InChI is InChI=1S/C14H11ClN4OS4/c1-21-13-18-19-14(24-13)23-7-11(20)17-12-16-10(6-22-12)8-4-2-3-5-9(8)15/h2-6H,7H2,1H3,(H,16,17,20). The van der Waals surface area contributed by atoms with Crippen molar-refractivity contribution in [3.8, 4) is 11.3 Å². The van der Waals surface area contributed by atoms with Crippen molar-refractivity contribution in [1.82, 2.24) is 15.2 Å². The molecule has 2 heterocycles. The minimum atomic E-state index is -0.124. The zero-order valence-electron chi connectivity index (χ0n) is 12.4. The van der Waals surface area contributed by atoms with E-state index in [1.165, 1.54) is 34.4 Å². The lowest BCUT2D eigenvalue weighted by Crippen LogP contribution is -2.13. The van der Waals surface area contributed by atoms with Gasteiger partial charge in [-0.2, -0.15) is 0 Å². The number of amides is 1. The smallest absolute Gasteiger partial charge is 0.236 e. The molecule has 3 aromatic rings. The van der Waals surface area contributed by atoms with Gasteiger partial charge in [-0.25, -0.2) is 4.98 Å². The van der Waals surface area contributed by atoms with Crippen molar-refractivity contribution in [2.75, 3.05) is 17.3 Å². The Kier molecular flexibility index (Phi) is 6.12. The number of aromatic nitrogens is 3. The van der Waals surface area contributed by atoms with E-state index in [-0.39, 0.29) is 11.7 Å².